The maximum absolute atomic E-state index is 14.0. The van der Waals surface area contributed by atoms with E-state index in [-0.39, 0.29) is 11.2 Å². The monoisotopic (exact) mass is 331 g/mol. The highest BCUT2D eigenvalue weighted by molar-refractivity contribution is 5.64. The van der Waals surface area contributed by atoms with Gasteiger partial charge in [0.2, 0.25) is 0 Å². The van der Waals surface area contributed by atoms with Crippen molar-refractivity contribution in [2.45, 2.75) is 26.3 Å². The third kappa shape index (κ3) is 3.51. The van der Waals surface area contributed by atoms with Gasteiger partial charge in [-0.3, -0.25) is 4.79 Å². The molecule has 1 aromatic heterocycles. The van der Waals surface area contributed by atoms with Crippen LogP contribution in [0, 0.1) is 18.7 Å². The third-order valence-electron chi connectivity index (χ3n) is 4.53. The standard InChI is InChI=1S/C19H22FNO3/c1-13-10-21(11-14-5-7-24-8-6-14)12-16(19(13)22)15-3-4-18(23-2)17(20)9-15/h3-4,9-10,12,14H,5-8,11H2,1-2H3. The molecule has 0 spiro atoms. The molecule has 0 bridgehead atoms. The second-order valence-electron chi connectivity index (χ2n) is 6.29. The molecular formula is C19H22FNO3. The van der Waals surface area contributed by atoms with Gasteiger partial charge in [-0.1, -0.05) is 6.07 Å². The molecule has 24 heavy (non-hydrogen) atoms. The Morgan fingerprint density at radius 3 is 2.71 bits per heavy atom. The van der Waals surface area contributed by atoms with Crippen LogP contribution in [0.4, 0.5) is 4.39 Å². The zero-order valence-corrected chi connectivity index (χ0v) is 14.0. The fourth-order valence-corrected chi connectivity index (χ4v) is 3.15. The van der Waals surface area contributed by atoms with E-state index in [9.17, 15) is 9.18 Å². The molecule has 2 aromatic rings. The predicted molar refractivity (Wildman–Crippen MR) is 90.9 cm³/mol. The van der Waals surface area contributed by atoms with E-state index in [2.05, 4.69) is 0 Å². The third-order valence-corrected chi connectivity index (χ3v) is 4.53. The molecule has 0 aliphatic carbocycles. The second-order valence-corrected chi connectivity index (χ2v) is 6.29. The number of hydrogen-bond donors (Lipinski definition) is 0. The summed E-state index contributed by atoms with van der Waals surface area (Å²) in [7, 11) is 1.42. The Kier molecular flexibility index (Phi) is 5.00. The van der Waals surface area contributed by atoms with Crippen molar-refractivity contribution >= 4 is 0 Å². The minimum Gasteiger partial charge on any atom is -0.494 e. The number of aryl methyl sites for hydroxylation is 1. The smallest absolute Gasteiger partial charge is 0.192 e. The van der Waals surface area contributed by atoms with Crippen LogP contribution in [0.5, 0.6) is 5.75 Å². The van der Waals surface area contributed by atoms with E-state index < -0.39 is 5.82 Å². The van der Waals surface area contributed by atoms with Crippen molar-refractivity contribution in [3.8, 4) is 16.9 Å². The SMILES string of the molecule is COc1ccc(-c2cn(CC3CCOCC3)cc(C)c2=O)cc1F. The molecule has 5 heteroatoms. The van der Waals surface area contributed by atoms with Crippen LogP contribution in [0.1, 0.15) is 18.4 Å². The molecule has 0 unspecified atom stereocenters. The molecule has 0 saturated carbocycles. The van der Waals surface area contributed by atoms with Crippen LogP contribution in [0.3, 0.4) is 0 Å². The molecule has 2 heterocycles. The maximum atomic E-state index is 14.0. The summed E-state index contributed by atoms with van der Waals surface area (Å²) in [6.07, 6.45) is 5.75. The van der Waals surface area contributed by atoms with Crippen LogP contribution in [0.2, 0.25) is 0 Å². The quantitative estimate of drug-likeness (QED) is 0.862. The van der Waals surface area contributed by atoms with Gasteiger partial charge in [0.15, 0.2) is 17.0 Å². The summed E-state index contributed by atoms with van der Waals surface area (Å²) in [4.78, 5) is 12.5. The van der Waals surface area contributed by atoms with Crippen LogP contribution >= 0.6 is 0 Å². The lowest BCUT2D eigenvalue weighted by atomic mass is 9.99. The van der Waals surface area contributed by atoms with Gasteiger partial charge in [-0.05, 0) is 43.4 Å². The molecule has 1 saturated heterocycles. The minimum absolute atomic E-state index is 0.0669. The molecule has 3 rings (SSSR count). The van der Waals surface area contributed by atoms with Gasteiger partial charge in [-0.25, -0.2) is 4.39 Å². The van der Waals surface area contributed by atoms with Gasteiger partial charge < -0.3 is 14.0 Å². The Morgan fingerprint density at radius 1 is 1.29 bits per heavy atom. The van der Waals surface area contributed by atoms with Crippen molar-refractivity contribution in [3.63, 3.8) is 0 Å². The van der Waals surface area contributed by atoms with E-state index in [1.807, 2.05) is 17.0 Å². The second kappa shape index (κ2) is 7.18. The van der Waals surface area contributed by atoms with Gasteiger partial charge in [0.05, 0.1) is 7.11 Å². The molecular weight excluding hydrogens is 309 g/mol. The zero-order chi connectivity index (χ0) is 17.1. The van der Waals surface area contributed by atoms with Gasteiger partial charge in [-0.2, -0.15) is 0 Å². The van der Waals surface area contributed by atoms with Gasteiger partial charge in [0.25, 0.3) is 0 Å². The first kappa shape index (κ1) is 16.7. The minimum atomic E-state index is -0.466. The highest BCUT2D eigenvalue weighted by Gasteiger charge is 2.16. The maximum Gasteiger partial charge on any atom is 0.192 e. The van der Waals surface area contributed by atoms with E-state index in [1.54, 1.807) is 19.1 Å². The van der Waals surface area contributed by atoms with Crippen molar-refractivity contribution in [2.75, 3.05) is 20.3 Å². The number of methoxy groups -OCH3 is 1. The summed E-state index contributed by atoms with van der Waals surface area (Å²) in [5, 5.41) is 0. The number of nitrogens with zero attached hydrogens (tertiary/aromatic N) is 1. The average Bonchev–Trinajstić information content (AvgIpc) is 2.59. The lowest BCUT2D eigenvalue weighted by molar-refractivity contribution is 0.0612. The molecule has 0 N–H and O–H groups in total. The lowest BCUT2D eigenvalue weighted by Crippen LogP contribution is -2.22. The largest absolute Gasteiger partial charge is 0.494 e. The van der Waals surface area contributed by atoms with Crippen molar-refractivity contribution in [1.29, 1.82) is 0 Å². The van der Waals surface area contributed by atoms with Crippen LogP contribution in [-0.4, -0.2) is 24.9 Å². The number of pyridine rings is 1. The Labute approximate surface area is 140 Å². The molecule has 0 amide bonds. The van der Waals surface area contributed by atoms with E-state index in [0.29, 0.717) is 22.6 Å². The first-order valence-electron chi connectivity index (χ1n) is 8.21. The predicted octanol–water partition coefficient (Wildman–Crippen LogP) is 3.40. The van der Waals surface area contributed by atoms with Gasteiger partial charge >= 0.3 is 0 Å². The zero-order valence-electron chi connectivity index (χ0n) is 14.0. The van der Waals surface area contributed by atoms with Crippen molar-refractivity contribution in [3.05, 3.63) is 52.2 Å². The highest BCUT2D eigenvalue weighted by Crippen LogP contribution is 2.24. The summed E-state index contributed by atoms with van der Waals surface area (Å²) < 4.78 is 26.4. The van der Waals surface area contributed by atoms with E-state index in [1.165, 1.54) is 13.2 Å². The van der Waals surface area contributed by atoms with Gasteiger partial charge in [-0.15, -0.1) is 0 Å². The van der Waals surface area contributed by atoms with E-state index in [4.69, 9.17) is 9.47 Å². The molecule has 1 aliphatic rings. The van der Waals surface area contributed by atoms with Gasteiger partial charge in [0, 0.05) is 43.3 Å². The number of ether oxygens (including phenoxy) is 2. The molecule has 0 atom stereocenters. The highest BCUT2D eigenvalue weighted by atomic mass is 19.1. The Hall–Kier alpha value is -2.14. The Bertz CT molecular complexity index is 779. The number of halogens is 1. The van der Waals surface area contributed by atoms with Crippen LogP contribution < -0.4 is 10.2 Å². The summed E-state index contributed by atoms with van der Waals surface area (Å²) >= 11 is 0. The number of benzene rings is 1. The molecule has 1 aliphatic heterocycles. The Morgan fingerprint density at radius 2 is 2.04 bits per heavy atom. The molecule has 1 fully saturated rings. The van der Waals surface area contributed by atoms with Crippen LogP contribution in [0.25, 0.3) is 11.1 Å². The lowest BCUT2D eigenvalue weighted by Gasteiger charge is -2.23. The van der Waals surface area contributed by atoms with Crippen molar-refractivity contribution in [1.82, 2.24) is 4.57 Å². The van der Waals surface area contributed by atoms with E-state index >= 15 is 0 Å². The fourth-order valence-electron chi connectivity index (χ4n) is 3.15. The van der Waals surface area contributed by atoms with E-state index in [0.717, 1.165) is 32.6 Å². The number of aromatic nitrogens is 1. The molecule has 4 nitrogen and oxygen atoms in total. The normalized spacial score (nSPS) is 15.5. The molecule has 128 valence electrons. The summed E-state index contributed by atoms with van der Waals surface area (Å²) in [5.74, 6) is 0.252. The summed E-state index contributed by atoms with van der Waals surface area (Å²) in [6, 6.07) is 4.62. The first-order valence-corrected chi connectivity index (χ1v) is 8.21. The molecule has 0 radical (unpaired) electrons. The van der Waals surface area contributed by atoms with Gasteiger partial charge in [0.1, 0.15) is 0 Å². The van der Waals surface area contributed by atoms with Crippen molar-refractivity contribution in [2.24, 2.45) is 5.92 Å². The van der Waals surface area contributed by atoms with Crippen LogP contribution in [-0.2, 0) is 11.3 Å². The topological polar surface area (TPSA) is 40.5 Å². The molecule has 1 aromatic carbocycles. The van der Waals surface area contributed by atoms with Crippen LogP contribution in [0.15, 0.2) is 35.4 Å². The summed E-state index contributed by atoms with van der Waals surface area (Å²) in [5.41, 5.74) is 1.69. The average molecular weight is 331 g/mol. The Balaban J connectivity index is 1.95. The fraction of sp³-hybridized carbons (Fsp3) is 0.421. The van der Waals surface area contributed by atoms with Crippen molar-refractivity contribution < 1.29 is 13.9 Å². The number of hydrogen-bond acceptors (Lipinski definition) is 3. The first-order chi connectivity index (χ1) is 11.6. The number of rotatable bonds is 4. The summed E-state index contributed by atoms with van der Waals surface area (Å²) in [6.45, 7) is 4.23.